The van der Waals surface area contributed by atoms with Crippen LogP contribution in [0.1, 0.15) is 0 Å². The van der Waals surface area contributed by atoms with E-state index in [1.54, 1.807) is 0 Å². The minimum absolute atomic E-state index is 0. The van der Waals surface area contributed by atoms with Crippen LogP contribution in [0, 0.1) is 7.05 Å². The Hall–Kier alpha value is 1.43. The predicted molar refractivity (Wildman–Crippen MR) is 42.7 cm³/mol. The van der Waals surface area contributed by atoms with Crippen LogP contribution in [0.25, 0.3) is 0 Å². The normalized spacial score (nSPS) is 15.7. The van der Waals surface area contributed by atoms with Gasteiger partial charge < -0.3 is 24.7 Å². The van der Waals surface area contributed by atoms with Crippen molar-refractivity contribution < 1.29 is 75.9 Å². The predicted octanol–water partition coefficient (Wildman–Crippen LogP) is -4.79. The molecule has 1 heterocycles. The first-order valence-electron chi connectivity index (χ1n) is 3.30. The van der Waals surface area contributed by atoms with Crippen molar-refractivity contribution in [3.8, 4) is 0 Å². The first-order valence-corrected chi connectivity index (χ1v) is 3.30. The maximum Gasteiger partial charge on any atom is 1.00 e. The average molecular weight is 221 g/mol. The topological polar surface area (TPSA) is 73.2 Å². The maximum atomic E-state index is 7.17. The molecule has 74 valence electrons. The van der Waals surface area contributed by atoms with Gasteiger partial charge in [0.25, 0.3) is 0 Å². The van der Waals surface area contributed by atoms with Crippen molar-refractivity contribution in [3.63, 3.8) is 0 Å². The van der Waals surface area contributed by atoms with Crippen LogP contribution in [0.3, 0.4) is 0 Å². The van der Waals surface area contributed by atoms with Gasteiger partial charge in [0, 0.05) is 0 Å². The second kappa shape index (κ2) is 13.4. The summed E-state index contributed by atoms with van der Waals surface area (Å²) in [6.07, 6.45) is 0. The molecule has 13 heavy (non-hydrogen) atoms. The maximum absolute atomic E-state index is 7.17. The summed E-state index contributed by atoms with van der Waals surface area (Å²) in [5.41, 5.74) is 0. The third kappa shape index (κ3) is 19.7. The van der Waals surface area contributed by atoms with Crippen LogP contribution in [0.4, 0.5) is 4.70 Å². The summed E-state index contributed by atoms with van der Waals surface area (Å²) in [7, 11) is 1.58. The van der Waals surface area contributed by atoms with Gasteiger partial charge >= 0.3 is 58.7 Å². The van der Waals surface area contributed by atoms with E-state index in [0.717, 1.165) is 26.3 Å². The molecule has 1 saturated heterocycles. The van der Waals surface area contributed by atoms with E-state index in [-0.39, 0.29) is 56.1 Å². The van der Waals surface area contributed by atoms with Crippen LogP contribution in [0.2, 0.25) is 0 Å². The molecule has 0 saturated carbocycles. The van der Waals surface area contributed by atoms with Crippen molar-refractivity contribution >= 4 is 7.32 Å². The molecule has 0 bridgehead atoms. The van der Waals surface area contributed by atoms with Crippen molar-refractivity contribution in [2.45, 2.75) is 0 Å². The molecular weight excluding hydrogens is 207 g/mol. The number of nitrogens with zero attached hydrogens (tertiary/aromatic N) is 1. The third-order valence-corrected chi connectivity index (χ3v) is 1.10. The number of morpholine rings is 1. The summed E-state index contributed by atoms with van der Waals surface area (Å²) in [4.78, 5) is 2.02. The van der Waals surface area contributed by atoms with E-state index in [4.69, 9.17) is 19.8 Å². The first kappa shape index (κ1) is 19.9. The average Bonchev–Trinajstić information content (AvgIpc) is 1.87. The summed E-state index contributed by atoms with van der Waals surface area (Å²) >= 11 is 0. The van der Waals surface area contributed by atoms with Crippen LogP contribution in [0.5, 0.6) is 0 Å². The molecule has 3 N–H and O–H groups in total. The van der Waals surface area contributed by atoms with Crippen LogP contribution < -0.4 is 51.4 Å². The Morgan fingerprint density at radius 3 is 1.62 bits per heavy atom. The summed E-state index contributed by atoms with van der Waals surface area (Å²) in [5, 5.41) is 21.5. The zero-order valence-electron chi connectivity index (χ0n) is 7.72. The third-order valence-electron chi connectivity index (χ3n) is 1.10. The van der Waals surface area contributed by atoms with Gasteiger partial charge in [0.1, 0.15) is 0 Å². The van der Waals surface area contributed by atoms with Crippen LogP contribution in [-0.4, -0.2) is 53.6 Å². The largest absolute Gasteiger partial charge is 1.00 e. The van der Waals surface area contributed by atoms with Crippen molar-refractivity contribution in [2.24, 2.45) is 0 Å². The second-order valence-corrected chi connectivity index (χ2v) is 2.08. The molecule has 0 radical (unpaired) electrons. The van der Waals surface area contributed by atoms with Gasteiger partial charge in [-0.1, -0.05) is 0 Å². The van der Waals surface area contributed by atoms with E-state index in [1.807, 2.05) is 4.90 Å². The van der Waals surface area contributed by atoms with Gasteiger partial charge in [-0.3, -0.25) is 11.8 Å². The number of rotatable bonds is 0. The molecule has 1 aliphatic rings. The van der Waals surface area contributed by atoms with Gasteiger partial charge in [-0.2, -0.15) is 0 Å². The van der Waals surface area contributed by atoms with E-state index in [2.05, 4.69) is 7.05 Å². The van der Waals surface area contributed by atoms with Gasteiger partial charge in [0.05, 0.1) is 13.2 Å². The van der Waals surface area contributed by atoms with Gasteiger partial charge in [-0.25, -0.2) is 0 Å². The van der Waals surface area contributed by atoms with Crippen molar-refractivity contribution in [1.29, 1.82) is 0 Å². The van der Waals surface area contributed by atoms with Gasteiger partial charge in [0.2, 0.25) is 0 Å². The number of ether oxygens (including phenoxy) is 1. The Bertz CT molecular complexity index is 93.8. The van der Waals surface area contributed by atoms with E-state index in [1.165, 1.54) is 0 Å². The number of halogens is 1. The molecule has 0 atom stereocenters. The van der Waals surface area contributed by atoms with Gasteiger partial charge in [-0.15, -0.1) is 0 Å². The fraction of sp³-hybridized carbons (Fsp3) is 0.800. The van der Waals surface area contributed by atoms with Crippen LogP contribution in [-0.2, 0) is 4.74 Å². The van der Waals surface area contributed by atoms with Crippen LogP contribution >= 0.6 is 0 Å². The minimum atomic E-state index is -2.17. The molecule has 0 aromatic rings. The molecule has 5 nitrogen and oxygen atoms in total. The zero-order valence-corrected chi connectivity index (χ0v) is 10.8. The molecule has 0 aromatic carbocycles. The number of hydrogen-bond acceptors (Lipinski definition) is 5. The molecule has 8 heteroatoms. The van der Waals surface area contributed by atoms with E-state index >= 15 is 0 Å². The smallest absolute Gasteiger partial charge is 0.455 e. The summed E-state index contributed by atoms with van der Waals surface area (Å²) in [6.45, 7) is 3.67. The molecule has 0 aliphatic carbocycles. The minimum Gasteiger partial charge on any atom is -0.455 e. The molecule has 0 spiro atoms. The molecule has 1 aliphatic heterocycles. The van der Waals surface area contributed by atoms with Gasteiger partial charge in [0.15, 0.2) is 0 Å². The quantitative estimate of drug-likeness (QED) is 0.283. The molecule has 0 aromatic heterocycles. The van der Waals surface area contributed by atoms with E-state index in [9.17, 15) is 0 Å². The number of hydrogen-bond donors (Lipinski definition) is 3. The fourth-order valence-electron chi connectivity index (χ4n) is 0.601. The molecule has 0 amide bonds. The molecule has 0 unspecified atom stereocenters. The van der Waals surface area contributed by atoms with Gasteiger partial charge in [-0.05, 0) is 13.1 Å². The SMILES string of the molecule is F.OB(O)O.[CH2-]N1CCOCC1.[K+]. The second-order valence-electron chi connectivity index (χ2n) is 2.08. The summed E-state index contributed by atoms with van der Waals surface area (Å²) in [6, 6.07) is 0. The first-order chi connectivity index (χ1) is 5.13. The monoisotopic (exact) mass is 221 g/mol. The standard InChI is InChI=1S/C5H10NO.BH3O3.FH.K/c1-6-2-4-7-5-3-6;2-1(3)4;;/h1-5H2;2-4H;1H;/q-1;;;+1. The summed E-state index contributed by atoms with van der Waals surface area (Å²) < 4.78 is 5.06. The van der Waals surface area contributed by atoms with E-state index in [0.29, 0.717) is 0 Å². The van der Waals surface area contributed by atoms with Crippen molar-refractivity contribution in [1.82, 2.24) is 4.90 Å². The van der Waals surface area contributed by atoms with Crippen molar-refractivity contribution in [2.75, 3.05) is 26.3 Å². The molecule has 1 fully saturated rings. The van der Waals surface area contributed by atoms with Crippen LogP contribution in [0.15, 0.2) is 0 Å². The molecule has 1 rings (SSSR count). The Kier molecular flexibility index (Phi) is 20.6. The Morgan fingerprint density at radius 1 is 1.15 bits per heavy atom. The van der Waals surface area contributed by atoms with E-state index < -0.39 is 7.32 Å². The Labute approximate surface area is 120 Å². The summed E-state index contributed by atoms with van der Waals surface area (Å²) in [5.74, 6) is 0. The Balaban J connectivity index is -0.000000150. The Morgan fingerprint density at radius 2 is 1.46 bits per heavy atom. The molecular formula is C5H14BFKNO4. The van der Waals surface area contributed by atoms with Crippen molar-refractivity contribution in [3.05, 3.63) is 7.05 Å². The zero-order chi connectivity index (χ0) is 8.69. The fourth-order valence-corrected chi connectivity index (χ4v) is 0.601.